The molecule has 2 nitrogen and oxygen atoms in total. The summed E-state index contributed by atoms with van der Waals surface area (Å²) in [5.41, 5.74) is -0.852. The fourth-order valence-corrected chi connectivity index (χ4v) is 2.69. The van der Waals surface area contributed by atoms with E-state index in [1.807, 2.05) is 0 Å². The molecule has 0 amide bonds. The maximum atomic E-state index is 14.0. The molecule has 3 heteroatoms. The molecule has 26 heavy (non-hydrogen) atoms. The summed E-state index contributed by atoms with van der Waals surface area (Å²) in [5, 5.41) is 9.57. The molecule has 0 aliphatic heterocycles. The third kappa shape index (κ3) is 11.2. The first-order chi connectivity index (χ1) is 12.4. The van der Waals surface area contributed by atoms with Crippen LogP contribution in [0.5, 0.6) is 5.75 Å². The summed E-state index contributed by atoms with van der Waals surface area (Å²) in [5.74, 6) is 5.40. The van der Waals surface area contributed by atoms with Crippen molar-refractivity contribution >= 4 is 0 Å². The van der Waals surface area contributed by atoms with E-state index in [4.69, 9.17) is 4.74 Å². The SMILES string of the molecule is CCCCCCCCCCCCOc1ccc(C#CC(C)(C)O)c(F)c1. The van der Waals surface area contributed by atoms with Crippen LogP contribution in [0.2, 0.25) is 0 Å². The number of hydrogen-bond acceptors (Lipinski definition) is 2. The van der Waals surface area contributed by atoms with E-state index in [0.29, 0.717) is 12.4 Å². The maximum absolute atomic E-state index is 14.0. The Morgan fingerprint density at radius 2 is 1.54 bits per heavy atom. The molecular weight excluding hydrogens is 327 g/mol. The number of halogens is 1. The van der Waals surface area contributed by atoms with Crippen LogP contribution in [0.25, 0.3) is 0 Å². The number of ether oxygens (including phenoxy) is 1. The number of rotatable bonds is 12. The van der Waals surface area contributed by atoms with Gasteiger partial charge in [0.15, 0.2) is 0 Å². The van der Waals surface area contributed by atoms with Crippen LogP contribution < -0.4 is 4.74 Å². The first kappa shape index (κ1) is 22.5. The highest BCUT2D eigenvalue weighted by molar-refractivity contribution is 5.40. The van der Waals surface area contributed by atoms with Crippen molar-refractivity contribution in [1.82, 2.24) is 0 Å². The van der Waals surface area contributed by atoms with E-state index in [9.17, 15) is 9.50 Å². The minimum atomic E-state index is -1.13. The summed E-state index contributed by atoms with van der Waals surface area (Å²) in [6, 6.07) is 4.69. The standard InChI is InChI=1S/C23H35FO2/c1-4-5-6-7-8-9-10-11-12-13-18-26-21-15-14-20(22(24)19-21)16-17-23(2,3)25/h14-15,19,25H,4-13,18H2,1-3H3. The molecule has 1 rings (SSSR count). The molecule has 0 aromatic heterocycles. The molecule has 0 fully saturated rings. The molecule has 0 saturated heterocycles. The van der Waals surface area contributed by atoms with E-state index in [0.717, 1.165) is 12.8 Å². The van der Waals surface area contributed by atoms with Gasteiger partial charge in [-0.1, -0.05) is 76.6 Å². The average Bonchev–Trinajstić information content (AvgIpc) is 2.58. The van der Waals surface area contributed by atoms with Crippen molar-refractivity contribution in [2.24, 2.45) is 0 Å². The average molecular weight is 363 g/mol. The van der Waals surface area contributed by atoms with Gasteiger partial charge in [-0.15, -0.1) is 0 Å². The van der Waals surface area contributed by atoms with Crippen LogP contribution in [0.1, 0.15) is 90.5 Å². The predicted molar refractivity (Wildman–Crippen MR) is 107 cm³/mol. The lowest BCUT2D eigenvalue weighted by Crippen LogP contribution is -2.14. The van der Waals surface area contributed by atoms with Gasteiger partial charge in [-0.05, 0) is 32.4 Å². The molecule has 0 saturated carbocycles. The van der Waals surface area contributed by atoms with Gasteiger partial charge < -0.3 is 9.84 Å². The van der Waals surface area contributed by atoms with Crippen molar-refractivity contribution in [2.45, 2.75) is 90.6 Å². The molecule has 0 aliphatic rings. The smallest absolute Gasteiger partial charge is 0.142 e. The summed E-state index contributed by atoms with van der Waals surface area (Å²) in [7, 11) is 0. The van der Waals surface area contributed by atoms with Crippen molar-refractivity contribution in [2.75, 3.05) is 6.61 Å². The van der Waals surface area contributed by atoms with Gasteiger partial charge in [0.1, 0.15) is 17.2 Å². The monoisotopic (exact) mass is 362 g/mol. The first-order valence-electron chi connectivity index (χ1n) is 10.1. The third-order valence-corrected chi connectivity index (χ3v) is 4.21. The lowest BCUT2D eigenvalue weighted by molar-refractivity contribution is 0.143. The van der Waals surface area contributed by atoms with Crippen molar-refractivity contribution < 1.29 is 14.2 Å². The van der Waals surface area contributed by atoms with Gasteiger partial charge in [0.05, 0.1) is 12.2 Å². The van der Waals surface area contributed by atoms with Crippen molar-refractivity contribution in [3.63, 3.8) is 0 Å². The van der Waals surface area contributed by atoms with Crippen LogP contribution in [-0.2, 0) is 0 Å². The molecule has 0 atom stereocenters. The largest absolute Gasteiger partial charge is 0.493 e. The minimum absolute atomic E-state index is 0.276. The Labute approximate surface area is 159 Å². The molecular formula is C23H35FO2. The number of aliphatic hydroxyl groups is 1. The Kier molecular flexibility index (Phi) is 11.1. The number of hydrogen-bond donors (Lipinski definition) is 1. The molecule has 0 unspecified atom stereocenters. The summed E-state index contributed by atoms with van der Waals surface area (Å²) in [6.45, 7) is 6.01. The van der Waals surface area contributed by atoms with Gasteiger partial charge in [-0.2, -0.15) is 0 Å². The van der Waals surface area contributed by atoms with Gasteiger partial charge in [0.2, 0.25) is 0 Å². The fraction of sp³-hybridized carbons (Fsp3) is 0.652. The zero-order valence-corrected chi connectivity index (χ0v) is 16.7. The molecule has 1 aromatic carbocycles. The summed E-state index contributed by atoms with van der Waals surface area (Å²) in [4.78, 5) is 0. The fourth-order valence-electron chi connectivity index (χ4n) is 2.69. The Hall–Kier alpha value is -1.53. The number of benzene rings is 1. The minimum Gasteiger partial charge on any atom is -0.493 e. The van der Waals surface area contributed by atoms with Crippen LogP contribution >= 0.6 is 0 Å². The lowest BCUT2D eigenvalue weighted by Gasteiger charge is -2.08. The maximum Gasteiger partial charge on any atom is 0.142 e. The van der Waals surface area contributed by atoms with E-state index in [1.165, 1.54) is 57.4 Å². The van der Waals surface area contributed by atoms with Crippen molar-refractivity contribution in [3.8, 4) is 17.6 Å². The topological polar surface area (TPSA) is 29.5 Å². The van der Waals surface area contributed by atoms with E-state index in [1.54, 1.807) is 26.0 Å². The van der Waals surface area contributed by atoms with Crippen molar-refractivity contribution in [3.05, 3.63) is 29.6 Å². The second kappa shape index (κ2) is 12.8. The molecule has 146 valence electrons. The van der Waals surface area contributed by atoms with Gasteiger partial charge in [-0.25, -0.2) is 4.39 Å². The van der Waals surface area contributed by atoms with Gasteiger partial charge >= 0.3 is 0 Å². The predicted octanol–water partition coefficient (Wildman–Crippen LogP) is 6.25. The highest BCUT2D eigenvalue weighted by Crippen LogP contribution is 2.17. The third-order valence-electron chi connectivity index (χ3n) is 4.21. The van der Waals surface area contributed by atoms with Gasteiger partial charge in [0.25, 0.3) is 0 Å². The first-order valence-corrected chi connectivity index (χ1v) is 10.1. The summed E-state index contributed by atoms with van der Waals surface area (Å²) >= 11 is 0. The van der Waals surface area contributed by atoms with Crippen LogP contribution in [0, 0.1) is 17.7 Å². The normalized spacial score (nSPS) is 11.1. The van der Waals surface area contributed by atoms with Gasteiger partial charge in [0, 0.05) is 6.07 Å². The number of unbranched alkanes of at least 4 members (excludes halogenated alkanes) is 9. The Bertz CT molecular complexity index is 564. The molecule has 0 spiro atoms. The summed E-state index contributed by atoms with van der Waals surface area (Å²) < 4.78 is 19.6. The Morgan fingerprint density at radius 3 is 2.08 bits per heavy atom. The Morgan fingerprint density at radius 1 is 0.962 bits per heavy atom. The summed E-state index contributed by atoms with van der Waals surface area (Å²) in [6.07, 6.45) is 12.8. The Balaban J connectivity index is 2.16. The van der Waals surface area contributed by atoms with E-state index >= 15 is 0 Å². The molecule has 1 aromatic rings. The highest BCUT2D eigenvalue weighted by atomic mass is 19.1. The molecule has 1 N–H and O–H groups in total. The zero-order valence-electron chi connectivity index (χ0n) is 16.7. The van der Waals surface area contributed by atoms with Crippen molar-refractivity contribution in [1.29, 1.82) is 0 Å². The van der Waals surface area contributed by atoms with Crippen LogP contribution in [0.15, 0.2) is 18.2 Å². The molecule has 0 bridgehead atoms. The van der Waals surface area contributed by atoms with E-state index < -0.39 is 11.4 Å². The second-order valence-electron chi connectivity index (χ2n) is 7.48. The molecule has 0 radical (unpaired) electrons. The van der Waals surface area contributed by atoms with Crippen LogP contribution in [-0.4, -0.2) is 17.3 Å². The van der Waals surface area contributed by atoms with E-state index in [2.05, 4.69) is 18.8 Å². The molecule has 0 aliphatic carbocycles. The van der Waals surface area contributed by atoms with E-state index in [-0.39, 0.29) is 5.56 Å². The van der Waals surface area contributed by atoms with Crippen LogP contribution in [0.3, 0.4) is 0 Å². The van der Waals surface area contributed by atoms with Crippen LogP contribution in [0.4, 0.5) is 4.39 Å². The second-order valence-corrected chi connectivity index (χ2v) is 7.48. The van der Waals surface area contributed by atoms with Gasteiger partial charge in [-0.3, -0.25) is 0 Å². The highest BCUT2D eigenvalue weighted by Gasteiger charge is 2.07. The lowest BCUT2D eigenvalue weighted by atomic mass is 10.1. The quantitative estimate of drug-likeness (QED) is 0.352. The molecule has 0 heterocycles. The zero-order chi connectivity index (χ0) is 19.3.